The molecule has 106 valence electrons. The van der Waals surface area contributed by atoms with Gasteiger partial charge in [0.2, 0.25) is 5.91 Å². The average molecular weight is 280 g/mol. The van der Waals surface area contributed by atoms with Crippen molar-refractivity contribution >= 4 is 17.3 Å². The van der Waals surface area contributed by atoms with Gasteiger partial charge in [0.15, 0.2) is 0 Å². The van der Waals surface area contributed by atoms with Crippen LogP contribution in [0, 0.1) is 6.92 Å². The highest BCUT2D eigenvalue weighted by molar-refractivity contribution is 5.92. The predicted octanol–water partition coefficient (Wildman–Crippen LogP) is 2.77. The summed E-state index contributed by atoms with van der Waals surface area (Å²) in [4.78, 5) is 10.9. The Labute approximate surface area is 106 Å². The largest absolute Gasteiger partial charge is 0.461 e. The molecule has 3 N–H and O–H groups in total. The van der Waals surface area contributed by atoms with Crippen molar-refractivity contribution in [3.05, 3.63) is 17.7 Å². The van der Waals surface area contributed by atoms with Gasteiger partial charge in [-0.3, -0.25) is 4.79 Å². The van der Waals surface area contributed by atoms with Crippen LogP contribution in [0.2, 0.25) is 0 Å². The number of hydrogen-bond donors (Lipinski definition) is 2. The highest BCUT2D eigenvalue weighted by atomic mass is 19.3. The van der Waals surface area contributed by atoms with E-state index in [1.54, 1.807) is 0 Å². The number of amides is 1. The van der Waals surface area contributed by atoms with Crippen LogP contribution in [-0.4, -0.2) is 18.4 Å². The van der Waals surface area contributed by atoms with Gasteiger partial charge in [-0.05, 0) is 18.6 Å². The number of alkyl halides is 4. The molecule has 0 bridgehead atoms. The topological polar surface area (TPSA) is 64.3 Å². The van der Waals surface area contributed by atoms with Crippen LogP contribution in [0.4, 0.5) is 28.9 Å². The molecular formula is C11H12F4N2O2. The van der Waals surface area contributed by atoms with Gasteiger partial charge in [-0.2, -0.15) is 17.6 Å². The fourth-order valence-corrected chi connectivity index (χ4v) is 1.31. The number of aryl methyl sites for hydroxylation is 1. The van der Waals surface area contributed by atoms with E-state index in [4.69, 9.17) is 5.73 Å². The zero-order valence-electron chi connectivity index (χ0n) is 10.1. The van der Waals surface area contributed by atoms with Crippen LogP contribution >= 0.6 is 0 Å². The second-order valence-corrected chi connectivity index (χ2v) is 3.85. The molecule has 0 fully saturated rings. The van der Waals surface area contributed by atoms with Gasteiger partial charge in [0.1, 0.15) is 5.75 Å². The van der Waals surface area contributed by atoms with E-state index < -0.39 is 24.2 Å². The molecule has 0 atom stereocenters. The SMILES string of the molecule is CC(=O)Nc1cc(OC(F)(F)C(F)F)c(C)cc1N. The lowest BCUT2D eigenvalue weighted by Crippen LogP contribution is -2.33. The van der Waals surface area contributed by atoms with Crippen molar-refractivity contribution in [2.24, 2.45) is 0 Å². The van der Waals surface area contributed by atoms with Crippen LogP contribution in [0.25, 0.3) is 0 Å². The highest BCUT2D eigenvalue weighted by Crippen LogP contribution is 2.34. The number of nitrogens with two attached hydrogens (primary N) is 1. The summed E-state index contributed by atoms with van der Waals surface area (Å²) in [5.74, 6) is -0.967. The summed E-state index contributed by atoms with van der Waals surface area (Å²) in [6.07, 6.45) is -8.58. The summed E-state index contributed by atoms with van der Waals surface area (Å²) in [5, 5.41) is 2.28. The second-order valence-electron chi connectivity index (χ2n) is 3.85. The number of rotatable bonds is 4. The first-order chi connectivity index (χ1) is 8.63. The van der Waals surface area contributed by atoms with E-state index in [-0.39, 0.29) is 16.9 Å². The number of benzene rings is 1. The Morgan fingerprint density at radius 1 is 1.42 bits per heavy atom. The number of nitrogens with one attached hydrogen (secondary N) is 1. The lowest BCUT2D eigenvalue weighted by Gasteiger charge is -2.19. The minimum atomic E-state index is -4.62. The molecular weight excluding hydrogens is 268 g/mol. The zero-order chi connectivity index (χ0) is 14.8. The van der Waals surface area contributed by atoms with Gasteiger partial charge in [0, 0.05) is 13.0 Å². The molecule has 0 radical (unpaired) electrons. The Bertz CT molecular complexity index is 492. The van der Waals surface area contributed by atoms with E-state index >= 15 is 0 Å². The van der Waals surface area contributed by atoms with Crippen LogP contribution in [0.15, 0.2) is 12.1 Å². The second kappa shape index (κ2) is 5.33. The minimum Gasteiger partial charge on any atom is -0.428 e. The van der Waals surface area contributed by atoms with Crippen molar-refractivity contribution < 1.29 is 27.1 Å². The van der Waals surface area contributed by atoms with Gasteiger partial charge in [-0.25, -0.2) is 0 Å². The van der Waals surface area contributed by atoms with E-state index in [2.05, 4.69) is 10.1 Å². The first-order valence-electron chi connectivity index (χ1n) is 5.16. The third-order valence-electron chi connectivity index (χ3n) is 2.16. The van der Waals surface area contributed by atoms with Gasteiger partial charge in [0.25, 0.3) is 0 Å². The summed E-state index contributed by atoms with van der Waals surface area (Å²) < 4.78 is 53.7. The Morgan fingerprint density at radius 3 is 2.47 bits per heavy atom. The number of halogens is 4. The third-order valence-corrected chi connectivity index (χ3v) is 2.16. The van der Waals surface area contributed by atoms with Gasteiger partial charge < -0.3 is 15.8 Å². The highest BCUT2D eigenvalue weighted by Gasteiger charge is 2.44. The molecule has 0 saturated carbocycles. The molecule has 0 aliphatic carbocycles. The average Bonchev–Trinajstić information content (AvgIpc) is 2.23. The Hall–Kier alpha value is -1.99. The zero-order valence-corrected chi connectivity index (χ0v) is 10.1. The Morgan fingerprint density at radius 2 is 2.00 bits per heavy atom. The summed E-state index contributed by atoms with van der Waals surface area (Å²) in [6, 6.07) is 2.21. The molecule has 0 aromatic heterocycles. The molecule has 1 amide bonds. The quantitative estimate of drug-likeness (QED) is 0.658. The summed E-state index contributed by atoms with van der Waals surface area (Å²) >= 11 is 0. The maximum absolute atomic E-state index is 12.8. The Kier molecular flexibility index (Phi) is 4.23. The lowest BCUT2D eigenvalue weighted by molar-refractivity contribution is -0.253. The number of anilines is 2. The van der Waals surface area contributed by atoms with Gasteiger partial charge in [0.05, 0.1) is 11.4 Å². The summed E-state index contributed by atoms with van der Waals surface area (Å²) in [7, 11) is 0. The monoisotopic (exact) mass is 280 g/mol. The number of carbonyl (C=O) groups is 1. The number of hydrogen-bond acceptors (Lipinski definition) is 3. The fourth-order valence-electron chi connectivity index (χ4n) is 1.31. The number of ether oxygens (including phenoxy) is 1. The van der Waals surface area contributed by atoms with Gasteiger partial charge >= 0.3 is 12.5 Å². The standard InChI is InChI=1S/C11H12F4N2O2/c1-5-3-7(16)8(17-6(2)18)4-9(5)19-11(14,15)10(12)13/h3-4,10H,16H2,1-2H3,(H,17,18). The molecule has 8 heteroatoms. The predicted molar refractivity (Wildman–Crippen MR) is 61.5 cm³/mol. The van der Waals surface area contributed by atoms with Crippen LogP contribution in [0.5, 0.6) is 5.75 Å². The van der Waals surface area contributed by atoms with Crippen LogP contribution < -0.4 is 15.8 Å². The van der Waals surface area contributed by atoms with Crippen LogP contribution in [-0.2, 0) is 4.79 Å². The van der Waals surface area contributed by atoms with Crippen molar-refractivity contribution in [1.29, 1.82) is 0 Å². The van der Waals surface area contributed by atoms with E-state index in [9.17, 15) is 22.4 Å². The number of nitrogen functional groups attached to an aromatic ring is 1. The van der Waals surface area contributed by atoms with Crippen LogP contribution in [0.3, 0.4) is 0 Å². The summed E-state index contributed by atoms with van der Waals surface area (Å²) in [6.45, 7) is 2.55. The molecule has 0 saturated heterocycles. The van der Waals surface area contributed by atoms with Crippen molar-refractivity contribution in [3.8, 4) is 5.75 Å². The molecule has 1 aromatic rings. The molecule has 1 rings (SSSR count). The molecule has 19 heavy (non-hydrogen) atoms. The first kappa shape index (κ1) is 15.1. The maximum atomic E-state index is 12.8. The molecule has 0 unspecified atom stereocenters. The lowest BCUT2D eigenvalue weighted by atomic mass is 10.1. The van der Waals surface area contributed by atoms with Gasteiger partial charge in [-0.15, -0.1) is 0 Å². The molecule has 1 aromatic carbocycles. The molecule has 0 spiro atoms. The maximum Gasteiger partial charge on any atom is 0.461 e. The number of carbonyl (C=O) groups excluding carboxylic acids is 1. The van der Waals surface area contributed by atoms with Crippen molar-refractivity contribution in [3.63, 3.8) is 0 Å². The van der Waals surface area contributed by atoms with E-state index in [0.717, 1.165) is 6.07 Å². The third kappa shape index (κ3) is 3.73. The smallest absolute Gasteiger partial charge is 0.428 e. The molecule has 4 nitrogen and oxygen atoms in total. The van der Waals surface area contributed by atoms with Crippen molar-refractivity contribution in [1.82, 2.24) is 0 Å². The van der Waals surface area contributed by atoms with E-state index in [0.29, 0.717) is 0 Å². The first-order valence-corrected chi connectivity index (χ1v) is 5.16. The van der Waals surface area contributed by atoms with Gasteiger partial charge in [-0.1, -0.05) is 0 Å². The molecule has 0 aliphatic heterocycles. The van der Waals surface area contributed by atoms with Crippen LogP contribution in [0.1, 0.15) is 12.5 Å². The van der Waals surface area contributed by atoms with Crippen molar-refractivity contribution in [2.45, 2.75) is 26.4 Å². The van der Waals surface area contributed by atoms with Crippen molar-refractivity contribution in [2.75, 3.05) is 11.1 Å². The minimum absolute atomic E-state index is 0.0122. The fraction of sp³-hybridized carbons (Fsp3) is 0.364. The Balaban J connectivity index is 3.11. The normalized spacial score (nSPS) is 11.5. The summed E-state index contributed by atoms with van der Waals surface area (Å²) in [5.41, 5.74) is 5.83. The van der Waals surface area contributed by atoms with E-state index in [1.165, 1.54) is 19.9 Å². The molecule has 0 aliphatic rings. The molecule has 0 heterocycles. The van der Waals surface area contributed by atoms with E-state index in [1.807, 2.05) is 0 Å².